The Bertz CT molecular complexity index is 827. The van der Waals surface area contributed by atoms with Crippen LogP contribution in [0, 0.1) is 5.92 Å². The molecule has 1 aliphatic heterocycles. The molecule has 13 heteroatoms. The van der Waals surface area contributed by atoms with Gasteiger partial charge in [-0.2, -0.15) is 13.2 Å². The van der Waals surface area contributed by atoms with Crippen LogP contribution in [0.4, 0.5) is 23.1 Å². The Kier molecular flexibility index (Phi) is 7.39. The van der Waals surface area contributed by atoms with Crippen molar-refractivity contribution in [3.63, 3.8) is 0 Å². The van der Waals surface area contributed by atoms with Gasteiger partial charge in [0.15, 0.2) is 0 Å². The van der Waals surface area contributed by atoms with Gasteiger partial charge in [0.25, 0.3) is 5.91 Å². The highest BCUT2D eigenvalue weighted by atomic mass is 32.1. The van der Waals surface area contributed by atoms with E-state index in [-0.39, 0.29) is 28.9 Å². The van der Waals surface area contributed by atoms with Crippen LogP contribution in [0.2, 0.25) is 0 Å². The molecule has 0 spiro atoms. The number of carboxylic acid groups (broad SMARTS) is 1. The van der Waals surface area contributed by atoms with Crippen LogP contribution < -0.4 is 10.2 Å². The minimum absolute atomic E-state index is 0.155. The monoisotopic (exact) mass is 449 g/mol. The molecule has 1 fully saturated rings. The molecule has 0 saturated carbocycles. The predicted molar refractivity (Wildman–Crippen MR) is 102 cm³/mol. The summed E-state index contributed by atoms with van der Waals surface area (Å²) in [6.45, 7) is 4.10. The Morgan fingerprint density at radius 3 is 2.50 bits per heavy atom. The molecule has 9 nitrogen and oxygen atoms in total. The fourth-order valence-electron chi connectivity index (χ4n) is 2.73. The predicted octanol–water partition coefficient (Wildman–Crippen LogP) is 2.36. The lowest BCUT2D eigenvalue weighted by Gasteiger charge is -2.38. The Morgan fingerprint density at radius 1 is 1.37 bits per heavy atom. The van der Waals surface area contributed by atoms with Crippen molar-refractivity contribution >= 4 is 34.4 Å². The first-order chi connectivity index (χ1) is 13.9. The highest BCUT2D eigenvalue weighted by Crippen LogP contribution is 2.34. The molecule has 1 saturated heterocycles. The second-order valence-corrected chi connectivity index (χ2v) is 8.12. The first-order valence-corrected chi connectivity index (χ1v) is 9.88. The normalized spacial score (nSPS) is 17.7. The van der Waals surface area contributed by atoms with Gasteiger partial charge in [0.05, 0.1) is 0 Å². The summed E-state index contributed by atoms with van der Waals surface area (Å²) < 4.78 is 37.9. The van der Waals surface area contributed by atoms with E-state index in [0.29, 0.717) is 12.8 Å². The van der Waals surface area contributed by atoms with Gasteiger partial charge in [0.1, 0.15) is 6.04 Å². The van der Waals surface area contributed by atoms with Crippen molar-refractivity contribution in [2.45, 2.75) is 44.9 Å². The van der Waals surface area contributed by atoms with E-state index in [4.69, 9.17) is 5.11 Å². The third-order valence-corrected chi connectivity index (χ3v) is 5.41. The summed E-state index contributed by atoms with van der Waals surface area (Å²) in [5.41, 5.74) is 0. The van der Waals surface area contributed by atoms with E-state index in [1.165, 1.54) is 13.1 Å². The van der Waals surface area contributed by atoms with Gasteiger partial charge < -0.3 is 10.4 Å². The topological polar surface area (TPSA) is 116 Å². The summed E-state index contributed by atoms with van der Waals surface area (Å²) in [7, 11) is 1.27. The number of hydrogen-bond donors (Lipinski definition) is 2. The van der Waals surface area contributed by atoms with Crippen molar-refractivity contribution in [1.82, 2.24) is 20.4 Å². The van der Waals surface area contributed by atoms with E-state index in [0.717, 1.165) is 15.9 Å². The molecule has 2 heterocycles. The fraction of sp³-hybridized carbons (Fsp3) is 0.588. The lowest BCUT2D eigenvalue weighted by molar-refractivity contribution is -0.138. The lowest BCUT2D eigenvalue weighted by atomic mass is 10.00. The zero-order valence-corrected chi connectivity index (χ0v) is 17.3. The van der Waals surface area contributed by atoms with Crippen molar-refractivity contribution in [2.24, 2.45) is 5.92 Å². The lowest BCUT2D eigenvalue weighted by Crippen LogP contribution is -2.59. The molecule has 166 valence electrons. The molecule has 2 atom stereocenters. The molecule has 0 aliphatic carbocycles. The second kappa shape index (κ2) is 9.41. The molecule has 0 aromatic carbocycles. The number of amides is 3. The van der Waals surface area contributed by atoms with E-state index in [9.17, 15) is 27.6 Å². The third-order valence-electron chi connectivity index (χ3n) is 4.37. The summed E-state index contributed by atoms with van der Waals surface area (Å²) in [6, 6.07) is -1.32. The van der Waals surface area contributed by atoms with Gasteiger partial charge in [0, 0.05) is 25.7 Å². The highest BCUT2D eigenvalue weighted by molar-refractivity contribution is 7.15. The van der Waals surface area contributed by atoms with Crippen molar-refractivity contribution in [3.8, 4) is 0 Å². The number of alkyl halides is 3. The van der Waals surface area contributed by atoms with Crippen LogP contribution in [0.5, 0.6) is 0 Å². The maximum atomic E-state index is 12.6. The maximum absolute atomic E-state index is 12.6. The molecule has 2 N–H and O–H groups in total. The molecule has 1 aromatic heterocycles. The summed E-state index contributed by atoms with van der Waals surface area (Å²) >= 11 is 0.242. The summed E-state index contributed by atoms with van der Waals surface area (Å²) in [4.78, 5) is 37.7. The van der Waals surface area contributed by atoms with Crippen molar-refractivity contribution < 1.29 is 32.7 Å². The maximum Gasteiger partial charge on any atom is 0.445 e. The summed E-state index contributed by atoms with van der Waals surface area (Å²) in [5.74, 6) is -0.945. The molecule has 0 bridgehead atoms. The smallest absolute Gasteiger partial charge is 0.445 e. The number of aromatic nitrogens is 2. The van der Waals surface area contributed by atoms with Crippen LogP contribution in [-0.4, -0.2) is 63.8 Å². The van der Waals surface area contributed by atoms with E-state index in [1.807, 2.05) is 13.8 Å². The van der Waals surface area contributed by atoms with Gasteiger partial charge >= 0.3 is 12.3 Å². The summed E-state index contributed by atoms with van der Waals surface area (Å²) in [5, 5.41) is 16.8. The largest absolute Gasteiger partial charge is 0.465 e. The molecule has 3 amide bonds. The van der Waals surface area contributed by atoms with E-state index in [2.05, 4.69) is 15.5 Å². The van der Waals surface area contributed by atoms with Gasteiger partial charge in [-0.25, -0.2) is 4.79 Å². The quantitative estimate of drug-likeness (QED) is 0.618. The molecule has 0 radical (unpaired) electrons. The van der Waals surface area contributed by atoms with Gasteiger partial charge in [-0.1, -0.05) is 31.3 Å². The minimum atomic E-state index is -4.65. The Hall–Kier alpha value is -2.70. The van der Waals surface area contributed by atoms with Crippen LogP contribution in [0.1, 0.15) is 31.7 Å². The number of halogens is 3. The first-order valence-electron chi connectivity index (χ1n) is 9.06. The average molecular weight is 449 g/mol. The molecule has 1 aromatic rings. The van der Waals surface area contributed by atoms with Crippen LogP contribution in [0.25, 0.3) is 0 Å². The number of likely N-dealkylation sites (N-methyl/N-ethyl adjacent to an activating group) is 1. The van der Waals surface area contributed by atoms with Gasteiger partial charge in [-0.05, 0) is 18.8 Å². The summed E-state index contributed by atoms with van der Waals surface area (Å²) in [6.07, 6.45) is -2.35. The number of nitrogens with zero attached hydrogens (tertiary/aromatic N) is 4. The van der Waals surface area contributed by atoms with E-state index < -0.39 is 41.2 Å². The second-order valence-electron chi connectivity index (χ2n) is 7.17. The van der Waals surface area contributed by atoms with Gasteiger partial charge in [-0.3, -0.25) is 19.4 Å². The van der Waals surface area contributed by atoms with Crippen molar-refractivity contribution in [2.75, 3.05) is 18.5 Å². The highest BCUT2D eigenvalue weighted by Gasteiger charge is 2.38. The number of rotatable bonds is 7. The molecular weight excluding hydrogens is 427 g/mol. The molecule has 2 rings (SSSR count). The van der Waals surface area contributed by atoms with E-state index in [1.54, 1.807) is 0 Å². The molecule has 30 heavy (non-hydrogen) atoms. The van der Waals surface area contributed by atoms with Gasteiger partial charge in [0.2, 0.25) is 16.0 Å². The Labute approximate surface area is 174 Å². The van der Waals surface area contributed by atoms with Crippen LogP contribution in [-0.2, 0) is 15.8 Å². The minimum Gasteiger partial charge on any atom is -0.465 e. The van der Waals surface area contributed by atoms with E-state index >= 15 is 0 Å². The van der Waals surface area contributed by atoms with Crippen LogP contribution >= 0.6 is 11.3 Å². The third kappa shape index (κ3) is 5.90. The first kappa shape index (κ1) is 23.6. The van der Waals surface area contributed by atoms with Crippen molar-refractivity contribution in [3.05, 3.63) is 17.2 Å². The SMILES string of the molecule is CC(C)C[C@@H](C=CC(=O)N(C)c1nnc(C(F)(F)F)s1)NC(=O)[C@@H]1CCN1C(=O)O. The van der Waals surface area contributed by atoms with Crippen LogP contribution in [0.3, 0.4) is 0 Å². The standard InChI is InChI=1S/C17H22F3N5O4S/c1-9(2)8-10(21-13(27)11-6-7-25(11)16(28)29)4-5-12(26)24(3)15-23-22-14(30-15)17(18,19)20/h4-5,9-11H,6-8H2,1-3H3,(H,21,27)(H,28,29)/t10-,11+/m1/s1. The van der Waals surface area contributed by atoms with Gasteiger partial charge in [-0.15, -0.1) is 10.2 Å². The molecular formula is C17H22F3N5O4S. The Balaban J connectivity index is 2.04. The average Bonchev–Trinajstić information content (AvgIpc) is 3.06. The molecule has 0 unspecified atom stereocenters. The number of hydrogen-bond acceptors (Lipinski definition) is 6. The number of carbonyl (C=O) groups excluding carboxylic acids is 2. The number of anilines is 1. The zero-order chi connectivity index (χ0) is 22.6. The fourth-order valence-corrected chi connectivity index (χ4v) is 3.41. The van der Waals surface area contributed by atoms with Crippen molar-refractivity contribution in [1.29, 1.82) is 0 Å². The Morgan fingerprint density at radius 2 is 2.03 bits per heavy atom. The number of nitrogens with one attached hydrogen (secondary N) is 1. The van der Waals surface area contributed by atoms with Crippen LogP contribution in [0.15, 0.2) is 12.2 Å². The zero-order valence-electron chi connectivity index (χ0n) is 16.5. The number of likely N-dealkylation sites (tertiary alicyclic amines) is 1. The molecule has 1 aliphatic rings. The number of carbonyl (C=O) groups is 3.